The summed E-state index contributed by atoms with van der Waals surface area (Å²) in [6, 6.07) is 2.55. The quantitative estimate of drug-likeness (QED) is 0.856. The second-order valence-electron chi connectivity index (χ2n) is 5.76. The van der Waals surface area contributed by atoms with Gasteiger partial charge in [0.25, 0.3) is 0 Å². The SMILES string of the molecule is CC(C(=O)OC(C)(C)C)C(C)(O)c1ccc(F)cn1. The van der Waals surface area contributed by atoms with E-state index in [4.69, 9.17) is 4.74 Å². The van der Waals surface area contributed by atoms with E-state index in [-0.39, 0.29) is 5.69 Å². The molecule has 0 saturated carbocycles. The molecule has 1 aromatic heterocycles. The highest BCUT2D eigenvalue weighted by Crippen LogP contribution is 2.29. The van der Waals surface area contributed by atoms with Crippen LogP contribution < -0.4 is 0 Å². The zero-order valence-corrected chi connectivity index (χ0v) is 11.9. The summed E-state index contributed by atoms with van der Waals surface area (Å²) in [4.78, 5) is 15.8. The fraction of sp³-hybridized carbons (Fsp3) is 0.571. The second kappa shape index (κ2) is 5.25. The molecule has 4 nitrogen and oxygen atoms in total. The van der Waals surface area contributed by atoms with Crippen LogP contribution in [0.3, 0.4) is 0 Å². The first kappa shape index (κ1) is 15.6. The summed E-state index contributed by atoms with van der Waals surface area (Å²) in [6.45, 7) is 8.27. The van der Waals surface area contributed by atoms with Crippen LogP contribution in [0.25, 0.3) is 0 Å². The molecule has 1 N–H and O–H groups in total. The maximum atomic E-state index is 12.8. The molecule has 0 aliphatic rings. The van der Waals surface area contributed by atoms with Gasteiger partial charge in [-0.25, -0.2) is 4.39 Å². The van der Waals surface area contributed by atoms with Crippen molar-refractivity contribution in [3.8, 4) is 0 Å². The van der Waals surface area contributed by atoms with Crippen molar-refractivity contribution >= 4 is 5.97 Å². The van der Waals surface area contributed by atoms with E-state index in [9.17, 15) is 14.3 Å². The number of halogens is 1. The minimum absolute atomic E-state index is 0.229. The minimum Gasteiger partial charge on any atom is -0.460 e. The molecule has 0 aliphatic carbocycles. The van der Waals surface area contributed by atoms with Gasteiger partial charge in [-0.15, -0.1) is 0 Å². The third-order valence-corrected chi connectivity index (χ3v) is 2.85. The molecule has 0 radical (unpaired) electrons. The van der Waals surface area contributed by atoms with E-state index in [0.717, 1.165) is 6.20 Å². The molecular formula is C14H20FNO3. The summed E-state index contributed by atoms with van der Waals surface area (Å²) in [7, 11) is 0. The molecule has 0 saturated heterocycles. The molecule has 1 aromatic rings. The van der Waals surface area contributed by atoms with Gasteiger partial charge in [-0.2, -0.15) is 0 Å². The highest BCUT2D eigenvalue weighted by molar-refractivity contribution is 5.74. The molecular weight excluding hydrogens is 249 g/mol. The van der Waals surface area contributed by atoms with E-state index < -0.39 is 28.9 Å². The molecule has 2 unspecified atom stereocenters. The Morgan fingerprint density at radius 2 is 1.95 bits per heavy atom. The van der Waals surface area contributed by atoms with Crippen LogP contribution in [0.1, 0.15) is 40.3 Å². The minimum atomic E-state index is -1.52. The van der Waals surface area contributed by atoms with Gasteiger partial charge in [-0.3, -0.25) is 9.78 Å². The second-order valence-corrected chi connectivity index (χ2v) is 5.76. The van der Waals surface area contributed by atoms with E-state index >= 15 is 0 Å². The average molecular weight is 269 g/mol. The van der Waals surface area contributed by atoms with Crippen molar-refractivity contribution < 1.29 is 19.0 Å². The Labute approximate surface area is 112 Å². The van der Waals surface area contributed by atoms with Crippen LogP contribution in [0.4, 0.5) is 4.39 Å². The van der Waals surface area contributed by atoms with Crippen molar-refractivity contribution in [2.75, 3.05) is 0 Å². The number of nitrogens with zero attached hydrogens (tertiary/aromatic N) is 1. The van der Waals surface area contributed by atoms with E-state index in [1.54, 1.807) is 27.7 Å². The maximum absolute atomic E-state index is 12.8. The molecule has 1 heterocycles. The van der Waals surface area contributed by atoms with Gasteiger partial charge in [-0.1, -0.05) is 0 Å². The Morgan fingerprint density at radius 1 is 1.37 bits per heavy atom. The molecule has 0 aliphatic heterocycles. The molecule has 0 aromatic carbocycles. The number of aromatic nitrogens is 1. The zero-order chi connectivity index (χ0) is 14.8. The lowest BCUT2D eigenvalue weighted by Crippen LogP contribution is -2.39. The smallest absolute Gasteiger partial charge is 0.312 e. The summed E-state index contributed by atoms with van der Waals surface area (Å²) in [5.74, 6) is -1.84. The number of ether oxygens (including phenoxy) is 1. The lowest BCUT2D eigenvalue weighted by atomic mass is 9.87. The average Bonchev–Trinajstić information content (AvgIpc) is 2.26. The van der Waals surface area contributed by atoms with Gasteiger partial charge >= 0.3 is 5.97 Å². The Balaban J connectivity index is 2.93. The van der Waals surface area contributed by atoms with Gasteiger partial charge < -0.3 is 9.84 Å². The number of hydrogen-bond donors (Lipinski definition) is 1. The van der Waals surface area contributed by atoms with Crippen molar-refractivity contribution in [2.45, 2.75) is 45.8 Å². The number of pyridine rings is 1. The molecule has 0 bridgehead atoms. The van der Waals surface area contributed by atoms with Gasteiger partial charge in [0.05, 0.1) is 17.8 Å². The van der Waals surface area contributed by atoms with Crippen LogP contribution in [0, 0.1) is 11.7 Å². The predicted octanol–water partition coefficient (Wildman–Crippen LogP) is 2.41. The maximum Gasteiger partial charge on any atom is 0.312 e. The number of rotatable bonds is 3. The van der Waals surface area contributed by atoms with Crippen LogP contribution in [0.5, 0.6) is 0 Å². The number of hydrogen-bond acceptors (Lipinski definition) is 4. The van der Waals surface area contributed by atoms with Crippen LogP contribution in [-0.4, -0.2) is 21.7 Å². The van der Waals surface area contributed by atoms with E-state index in [0.29, 0.717) is 0 Å². The lowest BCUT2D eigenvalue weighted by molar-refractivity contribution is -0.168. The van der Waals surface area contributed by atoms with Crippen molar-refractivity contribution in [3.63, 3.8) is 0 Å². The standard InChI is InChI=1S/C14H20FNO3/c1-9(12(17)19-13(2,3)4)14(5,18)11-7-6-10(15)8-16-11/h6-9,18H,1-5H3. The molecule has 0 spiro atoms. The third kappa shape index (κ3) is 3.99. The Morgan fingerprint density at radius 3 is 2.37 bits per heavy atom. The summed E-state index contributed by atoms with van der Waals surface area (Å²) in [5.41, 5.74) is -1.92. The van der Waals surface area contributed by atoms with E-state index in [1.165, 1.54) is 19.1 Å². The summed E-state index contributed by atoms with van der Waals surface area (Å²) >= 11 is 0. The number of esters is 1. The summed E-state index contributed by atoms with van der Waals surface area (Å²) in [6.07, 6.45) is 1.01. The van der Waals surface area contributed by atoms with Gasteiger partial charge in [0.15, 0.2) is 0 Å². The largest absolute Gasteiger partial charge is 0.460 e. The van der Waals surface area contributed by atoms with Crippen molar-refractivity contribution in [1.82, 2.24) is 4.98 Å². The molecule has 5 heteroatoms. The first-order valence-corrected chi connectivity index (χ1v) is 6.11. The molecule has 0 fully saturated rings. The van der Waals surface area contributed by atoms with Crippen LogP contribution in [-0.2, 0) is 15.1 Å². The first-order valence-electron chi connectivity index (χ1n) is 6.11. The summed E-state index contributed by atoms with van der Waals surface area (Å²) < 4.78 is 18.1. The fourth-order valence-electron chi connectivity index (χ4n) is 1.52. The van der Waals surface area contributed by atoms with E-state index in [2.05, 4.69) is 4.98 Å². The Kier molecular flexibility index (Phi) is 4.30. The Hall–Kier alpha value is -1.49. The predicted molar refractivity (Wildman–Crippen MR) is 68.8 cm³/mol. The molecule has 2 atom stereocenters. The van der Waals surface area contributed by atoms with E-state index in [1.807, 2.05) is 0 Å². The van der Waals surface area contributed by atoms with Crippen LogP contribution >= 0.6 is 0 Å². The zero-order valence-electron chi connectivity index (χ0n) is 11.9. The van der Waals surface area contributed by atoms with Gasteiger partial charge in [-0.05, 0) is 46.8 Å². The van der Waals surface area contributed by atoms with Gasteiger partial charge in [0, 0.05) is 0 Å². The van der Waals surface area contributed by atoms with Crippen LogP contribution in [0.2, 0.25) is 0 Å². The molecule has 1 rings (SSSR count). The van der Waals surface area contributed by atoms with Crippen molar-refractivity contribution in [2.24, 2.45) is 5.92 Å². The summed E-state index contributed by atoms with van der Waals surface area (Å²) in [5, 5.41) is 10.4. The normalized spacial score (nSPS) is 16.6. The first-order chi connectivity index (χ1) is 8.54. The molecule has 106 valence electrons. The number of carbonyl (C=O) groups excluding carboxylic acids is 1. The van der Waals surface area contributed by atoms with Crippen molar-refractivity contribution in [3.05, 3.63) is 29.8 Å². The van der Waals surface area contributed by atoms with Gasteiger partial charge in [0.2, 0.25) is 0 Å². The highest BCUT2D eigenvalue weighted by atomic mass is 19.1. The topological polar surface area (TPSA) is 59.4 Å². The van der Waals surface area contributed by atoms with Gasteiger partial charge in [0.1, 0.15) is 17.0 Å². The third-order valence-electron chi connectivity index (χ3n) is 2.85. The Bertz CT molecular complexity index is 449. The van der Waals surface area contributed by atoms with Crippen LogP contribution in [0.15, 0.2) is 18.3 Å². The fourth-order valence-corrected chi connectivity index (χ4v) is 1.52. The monoisotopic (exact) mass is 269 g/mol. The lowest BCUT2D eigenvalue weighted by Gasteiger charge is -2.30. The van der Waals surface area contributed by atoms with Crippen molar-refractivity contribution in [1.29, 1.82) is 0 Å². The highest BCUT2D eigenvalue weighted by Gasteiger charge is 2.39. The number of aliphatic hydroxyl groups is 1. The molecule has 0 amide bonds. The number of carbonyl (C=O) groups is 1. The molecule has 19 heavy (non-hydrogen) atoms.